The highest BCUT2D eigenvalue weighted by Crippen LogP contribution is 2.37. The first-order valence-corrected chi connectivity index (χ1v) is 13.8. The van der Waals surface area contributed by atoms with Gasteiger partial charge >= 0.3 is 5.97 Å². The molecule has 1 aliphatic rings. The van der Waals surface area contributed by atoms with Crippen LogP contribution in [0, 0.1) is 19.8 Å². The fourth-order valence-electron chi connectivity index (χ4n) is 5.72. The summed E-state index contributed by atoms with van der Waals surface area (Å²) in [5.74, 6) is -0.852. The average molecular weight is 528 g/mol. The second kappa shape index (κ2) is 11.1. The molecule has 0 saturated carbocycles. The molecule has 3 atom stereocenters. The topological polar surface area (TPSA) is 93.4 Å². The fourth-order valence-corrected chi connectivity index (χ4v) is 5.72. The Morgan fingerprint density at radius 2 is 2.00 bits per heavy atom. The average Bonchev–Trinajstić information content (AvgIpc) is 3.27. The van der Waals surface area contributed by atoms with E-state index in [0.29, 0.717) is 0 Å². The summed E-state index contributed by atoms with van der Waals surface area (Å²) < 4.78 is 8.15. The van der Waals surface area contributed by atoms with E-state index in [4.69, 9.17) is 4.74 Å². The van der Waals surface area contributed by atoms with Crippen molar-refractivity contribution in [3.8, 4) is 5.75 Å². The number of aromatic nitrogens is 4. The van der Waals surface area contributed by atoms with Crippen molar-refractivity contribution in [1.29, 1.82) is 0 Å². The lowest BCUT2D eigenvalue weighted by atomic mass is 9.79. The minimum atomic E-state index is -0.821. The number of carboxylic acid groups (broad SMARTS) is 1. The largest absolute Gasteiger partial charge is 0.489 e. The maximum Gasteiger partial charge on any atom is 0.307 e. The van der Waals surface area contributed by atoms with Gasteiger partial charge in [-0.2, -0.15) is 0 Å². The number of benzene rings is 2. The van der Waals surface area contributed by atoms with Gasteiger partial charge < -0.3 is 9.84 Å². The van der Waals surface area contributed by atoms with E-state index in [-0.39, 0.29) is 12.0 Å². The van der Waals surface area contributed by atoms with Crippen LogP contribution in [-0.2, 0) is 24.4 Å². The Bertz CT molecular complexity index is 1500. The van der Waals surface area contributed by atoms with Crippen LogP contribution < -0.4 is 4.74 Å². The van der Waals surface area contributed by atoms with Crippen molar-refractivity contribution >= 4 is 17.0 Å². The van der Waals surface area contributed by atoms with Gasteiger partial charge in [-0.3, -0.25) is 14.7 Å². The number of pyridine rings is 1. The van der Waals surface area contributed by atoms with Gasteiger partial charge in [-0.05, 0) is 67.1 Å². The molecule has 39 heavy (non-hydrogen) atoms. The molecule has 0 fully saturated rings. The lowest BCUT2D eigenvalue weighted by molar-refractivity contribution is -0.141. The third-order valence-corrected chi connectivity index (χ3v) is 8.10. The molecule has 1 N–H and O–H groups in total. The SMILES string of the molecule is CCC1CN(Cc2cc([C@H](c3ccc4c(nnn4CC)c3C)[C@H](C)C(=O)O)ccc2C)Cc2cnccc2O1. The lowest BCUT2D eigenvalue weighted by Gasteiger charge is -2.27. The molecule has 0 aliphatic carbocycles. The molecule has 2 aromatic carbocycles. The molecule has 0 amide bonds. The first kappa shape index (κ1) is 26.8. The van der Waals surface area contributed by atoms with Gasteiger partial charge in [0.25, 0.3) is 0 Å². The number of carboxylic acids is 1. The molecule has 0 radical (unpaired) electrons. The molecule has 5 rings (SSSR count). The van der Waals surface area contributed by atoms with Crippen molar-refractivity contribution in [2.24, 2.45) is 5.92 Å². The number of carbonyl (C=O) groups is 1. The minimum absolute atomic E-state index is 0.0998. The first-order valence-electron chi connectivity index (χ1n) is 13.8. The summed E-state index contributed by atoms with van der Waals surface area (Å²) >= 11 is 0. The van der Waals surface area contributed by atoms with Crippen LogP contribution in [-0.4, -0.2) is 48.6 Å². The van der Waals surface area contributed by atoms with Crippen LogP contribution in [0.4, 0.5) is 0 Å². The van der Waals surface area contributed by atoms with Crippen molar-refractivity contribution < 1.29 is 14.6 Å². The third kappa shape index (κ3) is 5.26. The molecule has 4 aromatic rings. The van der Waals surface area contributed by atoms with Crippen molar-refractivity contribution in [2.45, 2.75) is 72.7 Å². The van der Waals surface area contributed by atoms with E-state index in [1.165, 1.54) is 11.1 Å². The number of hydrogen-bond donors (Lipinski definition) is 1. The third-order valence-electron chi connectivity index (χ3n) is 8.10. The Balaban J connectivity index is 1.53. The second-order valence-corrected chi connectivity index (χ2v) is 10.6. The number of aryl methyl sites for hydroxylation is 3. The van der Waals surface area contributed by atoms with E-state index < -0.39 is 11.9 Å². The minimum Gasteiger partial charge on any atom is -0.489 e. The molecular formula is C31H37N5O3. The predicted molar refractivity (Wildman–Crippen MR) is 151 cm³/mol. The Morgan fingerprint density at radius 3 is 2.74 bits per heavy atom. The number of ether oxygens (including phenoxy) is 1. The van der Waals surface area contributed by atoms with Gasteiger partial charge in [0, 0.05) is 50.1 Å². The molecule has 1 unspecified atom stereocenters. The van der Waals surface area contributed by atoms with E-state index in [0.717, 1.165) is 71.6 Å². The zero-order chi connectivity index (χ0) is 27.7. The van der Waals surface area contributed by atoms with Gasteiger partial charge in [-0.25, -0.2) is 4.68 Å². The molecule has 204 valence electrons. The maximum absolute atomic E-state index is 12.3. The Kier molecular flexibility index (Phi) is 7.66. The second-order valence-electron chi connectivity index (χ2n) is 10.6. The van der Waals surface area contributed by atoms with Gasteiger partial charge in [0.1, 0.15) is 17.4 Å². The van der Waals surface area contributed by atoms with Gasteiger partial charge in [-0.1, -0.05) is 43.3 Å². The summed E-state index contributed by atoms with van der Waals surface area (Å²) in [4.78, 5) is 19.1. The summed E-state index contributed by atoms with van der Waals surface area (Å²) in [6.07, 6.45) is 4.69. The van der Waals surface area contributed by atoms with E-state index in [9.17, 15) is 9.90 Å². The lowest BCUT2D eigenvalue weighted by Crippen LogP contribution is -2.32. The van der Waals surface area contributed by atoms with E-state index in [1.54, 1.807) is 13.1 Å². The van der Waals surface area contributed by atoms with Crippen LogP contribution in [0.5, 0.6) is 5.75 Å². The Labute approximate surface area is 229 Å². The zero-order valence-electron chi connectivity index (χ0n) is 23.4. The van der Waals surface area contributed by atoms with Gasteiger partial charge in [0.15, 0.2) is 0 Å². The number of rotatable bonds is 8. The summed E-state index contributed by atoms with van der Waals surface area (Å²) in [5.41, 5.74) is 8.20. The molecular weight excluding hydrogens is 490 g/mol. The highest BCUT2D eigenvalue weighted by Gasteiger charge is 2.30. The molecule has 2 aromatic heterocycles. The van der Waals surface area contributed by atoms with Crippen LogP contribution in [0.15, 0.2) is 48.8 Å². The quantitative estimate of drug-likeness (QED) is 0.324. The maximum atomic E-state index is 12.3. The highest BCUT2D eigenvalue weighted by molar-refractivity contribution is 5.81. The Hall–Kier alpha value is -3.78. The van der Waals surface area contributed by atoms with Crippen molar-refractivity contribution in [3.63, 3.8) is 0 Å². The molecule has 3 heterocycles. The summed E-state index contributed by atoms with van der Waals surface area (Å²) in [6, 6.07) is 12.4. The first-order chi connectivity index (χ1) is 18.8. The van der Waals surface area contributed by atoms with Crippen molar-refractivity contribution in [3.05, 3.63) is 82.2 Å². The number of fused-ring (bicyclic) bond motifs is 2. The van der Waals surface area contributed by atoms with Crippen LogP contribution in [0.2, 0.25) is 0 Å². The predicted octanol–water partition coefficient (Wildman–Crippen LogP) is 5.49. The van der Waals surface area contributed by atoms with E-state index in [2.05, 4.69) is 58.3 Å². The molecule has 1 aliphatic heterocycles. The van der Waals surface area contributed by atoms with Crippen LogP contribution in [0.3, 0.4) is 0 Å². The monoisotopic (exact) mass is 527 g/mol. The van der Waals surface area contributed by atoms with Crippen LogP contribution in [0.1, 0.15) is 66.5 Å². The van der Waals surface area contributed by atoms with E-state index in [1.807, 2.05) is 36.9 Å². The Morgan fingerprint density at radius 1 is 1.18 bits per heavy atom. The van der Waals surface area contributed by atoms with E-state index >= 15 is 0 Å². The van der Waals surface area contributed by atoms with Crippen molar-refractivity contribution in [1.82, 2.24) is 24.9 Å². The molecule has 0 saturated heterocycles. The standard InChI is InChI=1S/C31H37N5O3/c1-6-25-18-35(17-24-15-32-13-12-28(24)39-25)16-23-14-22(9-8-19(23)3)29(21(5)31(37)38)26-10-11-27-30(20(26)4)33-34-36(27)7-2/h8-15,21,25,29H,6-7,16-18H2,1-5H3,(H,37,38)/t21-,25?,29+/m0/s1. The molecule has 0 spiro atoms. The van der Waals surface area contributed by atoms with Crippen molar-refractivity contribution in [2.75, 3.05) is 6.54 Å². The molecule has 8 nitrogen and oxygen atoms in total. The number of aliphatic carboxylic acids is 1. The van der Waals surface area contributed by atoms with Gasteiger partial charge in [-0.15, -0.1) is 5.10 Å². The van der Waals surface area contributed by atoms with Gasteiger partial charge in [0.05, 0.1) is 11.4 Å². The van der Waals surface area contributed by atoms with Crippen LogP contribution >= 0.6 is 0 Å². The molecule has 0 bridgehead atoms. The summed E-state index contributed by atoms with van der Waals surface area (Å²) in [6.45, 7) is 13.2. The smallest absolute Gasteiger partial charge is 0.307 e. The number of hydrogen-bond acceptors (Lipinski definition) is 6. The zero-order valence-corrected chi connectivity index (χ0v) is 23.4. The van der Waals surface area contributed by atoms with Gasteiger partial charge in [0.2, 0.25) is 0 Å². The fraction of sp³-hybridized carbons (Fsp3) is 0.419. The summed E-state index contributed by atoms with van der Waals surface area (Å²) in [5, 5.41) is 18.8. The normalized spacial score (nSPS) is 17.3. The summed E-state index contributed by atoms with van der Waals surface area (Å²) in [7, 11) is 0. The number of nitrogens with zero attached hydrogens (tertiary/aromatic N) is 5. The van der Waals surface area contributed by atoms with Crippen LogP contribution in [0.25, 0.3) is 11.0 Å². The highest BCUT2D eigenvalue weighted by atomic mass is 16.5. The molecule has 8 heteroatoms.